The number of aliphatic imine (C=N–C) groups is 1. The highest BCUT2D eigenvalue weighted by molar-refractivity contribution is 6.11. The first kappa shape index (κ1) is 25.7. The van der Waals surface area contributed by atoms with E-state index in [4.69, 9.17) is 10.5 Å². The number of allylic oxidation sites excluding steroid dienone is 1. The number of carbonyl (C=O) groups excluding carboxylic acids is 2. The number of benzene rings is 2. The molecule has 1 fully saturated rings. The van der Waals surface area contributed by atoms with Crippen molar-refractivity contribution in [3.8, 4) is 0 Å². The van der Waals surface area contributed by atoms with Crippen LogP contribution in [0.25, 0.3) is 16.5 Å². The quantitative estimate of drug-likeness (QED) is 0.525. The fourth-order valence-electron chi connectivity index (χ4n) is 4.00. The molecule has 0 atom stereocenters. The third kappa shape index (κ3) is 6.24. The lowest BCUT2D eigenvalue weighted by atomic mass is 10.1. The van der Waals surface area contributed by atoms with Gasteiger partial charge in [0.05, 0.1) is 11.3 Å². The summed E-state index contributed by atoms with van der Waals surface area (Å²) in [4.78, 5) is 48.4. The van der Waals surface area contributed by atoms with Crippen molar-refractivity contribution in [3.05, 3.63) is 82.3 Å². The predicted molar refractivity (Wildman–Crippen MR) is 145 cm³/mol. The average molecular weight is 502 g/mol. The SMILES string of the molecule is CC(C)(C)OC(=O)N1CCN(C(=O)c2ccc(N=CC(=CN)c3cc4ccccc4[nH]c3=O)cc2)CC1. The molecule has 3 aromatic rings. The van der Waals surface area contributed by atoms with Gasteiger partial charge in [-0.2, -0.15) is 0 Å². The minimum absolute atomic E-state index is 0.107. The van der Waals surface area contributed by atoms with Crippen molar-refractivity contribution < 1.29 is 14.3 Å². The first-order valence-corrected chi connectivity index (χ1v) is 12.1. The molecule has 9 heteroatoms. The molecule has 0 unspecified atom stereocenters. The Labute approximate surface area is 215 Å². The van der Waals surface area contributed by atoms with Crippen LogP contribution in [0, 0.1) is 0 Å². The van der Waals surface area contributed by atoms with Crippen LogP contribution in [0.2, 0.25) is 0 Å². The maximum absolute atomic E-state index is 12.9. The van der Waals surface area contributed by atoms with E-state index in [0.29, 0.717) is 48.6 Å². The number of nitrogens with two attached hydrogens (primary N) is 1. The fraction of sp³-hybridized carbons (Fsp3) is 0.286. The Morgan fingerprint density at radius 1 is 1.00 bits per heavy atom. The van der Waals surface area contributed by atoms with E-state index in [1.54, 1.807) is 40.1 Å². The number of H-pyrrole nitrogens is 1. The molecule has 1 aliphatic rings. The minimum atomic E-state index is -0.555. The van der Waals surface area contributed by atoms with E-state index in [-0.39, 0.29) is 17.6 Å². The van der Waals surface area contributed by atoms with Crippen molar-refractivity contribution in [1.29, 1.82) is 0 Å². The van der Waals surface area contributed by atoms with E-state index in [9.17, 15) is 14.4 Å². The summed E-state index contributed by atoms with van der Waals surface area (Å²) in [5, 5.41) is 0.889. The van der Waals surface area contributed by atoms with Crippen LogP contribution in [0.15, 0.2) is 70.6 Å². The second kappa shape index (κ2) is 10.7. The molecule has 4 rings (SSSR count). The smallest absolute Gasteiger partial charge is 0.410 e. The lowest BCUT2D eigenvalue weighted by molar-refractivity contribution is 0.0141. The maximum Gasteiger partial charge on any atom is 0.410 e. The Kier molecular flexibility index (Phi) is 7.42. The highest BCUT2D eigenvalue weighted by Gasteiger charge is 2.28. The van der Waals surface area contributed by atoms with Crippen LogP contribution in [0.3, 0.4) is 0 Å². The molecule has 0 radical (unpaired) electrons. The van der Waals surface area contributed by atoms with Gasteiger partial charge in [0, 0.05) is 55.2 Å². The molecule has 3 N–H and O–H groups in total. The summed E-state index contributed by atoms with van der Waals surface area (Å²) in [6, 6.07) is 16.2. The number of nitrogens with one attached hydrogen (secondary N) is 1. The van der Waals surface area contributed by atoms with Gasteiger partial charge >= 0.3 is 6.09 Å². The highest BCUT2D eigenvalue weighted by atomic mass is 16.6. The Hall–Kier alpha value is -4.40. The number of para-hydroxylation sites is 1. The molecular formula is C28H31N5O4. The van der Waals surface area contributed by atoms with Gasteiger partial charge in [-0.1, -0.05) is 18.2 Å². The number of hydrogen-bond donors (Lipinski definition) is 2. The topological polar surface area (TPSA) is 121 Å². The number of amides is 2. The van der Waals surface area contributed by atoms with Gasteiger partial charge in [0.25, 0.3) is 11.5 Å². The van der Waals surface area contributed by atoms with E-state index in [0.717, 1.165) is 10.9 Å². The molecule has 0 saturated carbocycles. The average Bonchev–Trinajstić information content (AvgIpc) is 2.88. The van der Waals surface area contributed by atoms with Crippen LogP contribution >= 0.6 is 0 Å². The molecule has 37 heavy (non-hydrogen) atoms. The number of pyridine rings is 1. The molecule has 0 aliphatic carbocycles. The highest BCUT2D eigenvalue weighted by Crippen LogP contribution is 2.19. The van der Waals surface area contributed by atoms with Crippen LogP contribution in [-0.2, 0) is 4.74 Å². The van der Waals surface area contributed by atoms with Crippen LogP contribution in [0.4, 0.5) is 10.5 Å². The first-order chi connectivity index (χ1) is 17.6. The molecule has 2 aromatic carbocycles. The Balaban J connectivity index is 1.39. The van der Waals surface area contributed by atoms with Gasteiger partial charge in [-0.3, -0.25) is 14.6 Å². The second-order valence-corrected chi connectivity index (χ2v) is 9.79. The fourth-order valence-corrected chi connectivity index (χ4v) is 4.00. The van der Waals surface area contributed by atoms with Gasteiger partial charge in [0.15, 0.2) is 0 Å². The molecular weight excluding hydrogens is 470 g/mol. The molecule has 2 heterocycles. The number of ether oxygens (including phenoxy) is 1. The predicted octanol–water partition coefficient (Wildman–Crippen LogP) is 3.92. The summed E-state index contributed by atoms with van der Waals surface area (Å²) in [6.07, 6.45) is 2.52. The summed E-state index contributed by atoms with van der Waals surface area (Å²) < 4.78 is 5.41. The normalized spacial score (nSPS) is 14.8. The molecule has 0 bridgehead atoms. The van der Waals surface area contributed by atoms with Crippen molar-refractivity contribution >= 4 is 40.4 Å². The molecule has 1 aromatic heterocycles. The Morgan fingerprint density at radius 3 is 2.30 bits per heavy atom. The lowest BCUT2D eigenvalue weighted by Gasteiger charge is -2.35. The number of carbonyl (C=O) groups is 2. The Bertz CT molecular complexity index is 1410. The van der Waals surface area contributed by atoms with Gasteiger partial charge in [-0.05, 0) is 62.6 Å². The molecule has 2 amide bonds. The van der Waals surface area contributed by atoms with E-state index in [2.05, 4.69) is 9.98 Å². The largest absolute Gasteiger partial charge is 0.444 e. The third-order valence-corrected chi connectivity index (χ3v) is 5.93. The number of aromatic amines is 1. The van der Waals surface area contributed by atoms with Gasteiger partial charge < -0.3 is 25.3 Å². The standard InChI is InChI=1S/C28H31N5O4/c1-28(2,3)37-27(36)33-14-12-32(13-15-33)26(35)19-8-10-22(11-9-19)30-18-21(17-29)23-16-20-6-4-5-7-24(20)31-25(23)34/h4-11,16-18H,12-15,29H2,1-3H3,(H,31,34). The summed E-state index contributed by atoms with van der Waals surface area (Å²) in [7, 11) is 0. The summed E-state index contributed by atoms with van der Waals surface area (Å²) in [6.45, 7) is 7.19. The summed E-state index contributed by atoms with van der Waals surface area (Å²) >= 11 is 0. The molecule has 192 valence electrons. The number of hydrogen-bond acceptors (Lipinski definition) is 6. The van der Waals surface area contributed by atoms with E-state index in [1.165, 1.54) is 12.4 Å². The number of nitrogens with zero attached hydrogens (tertiary/aromatic N) is 3. The molecule has 0 spiro atoms. The first-order valence-electron chi connectivity index (χ1n) is 12.1. The zero-order chi connectivity index (χ0) is 26.6. The zero-order valence-electron chi connectivity index (χ0n) is 21.2. The minimum Gasteiger partial charge on any atom is -0.444 e. The third-order valence-electron chi connectivity index (χ3n) is 5.93. The van der Waals surface area contributed by atoms with E-state index >= 15 is 0 Å². The van der Waals surface area contributed by atoms with Crippen molar-refractivity contribution in [3.63, 3.8) is 0 Å². The maximum atomic E-state index is 12.9. The van der Waals surface area contributed by atoms with Crippen LogP contribution in [0.5, 0.6) is 0 Å². The molecule has 1 aliphatic heterocycles. The molecule has 9 nitrogen and oxygen atoms in total. The van der Waals surface area contributed by atoms with Crippen molar-refractivity contribution in [2.75, 3.05) is 26.2 Å². The van der Waals surface area contributed by atoms with E-state index in [1.807, 2.05) is 45.0 Å². The summed E-state index contributed by atoms with van der Waals surface area (Å²) in [5.74, 6) is -0.107. The number of aromatic nitrogens is 1. The number of piperazine rings is 1. The van der Waals surface area contributed by atoms with Gasteiger partial charge in [0.2, 0.25) is 0 Å². The summed E-state index contributed by atoms with van der Waals surface area (Å²) in [5.41, 5.74) is 7.78. The number of rotatable bonds is 4. The van der Waals surface area contributed by atoms with Crippen molar-refractivity contribution in [2.45, 2.75) is 26.4 Å². The van der Waals surface area contributed by atoms with E-state index < -0.39 is 5.60 Å². The monoisotopic (exact) mass is 501 g/mol. The second-order valence-electron chi connectivity index (χ2n) is 9.79. The van der Waals surface area contributed by atoms with Crippen molar-refractivity contribution in [1.82, 2.24) is 14.8 Å². The van der Waals surface area contributed by atoms with Crippen molar-refractivity contribution in [2.24, 2.45) is 10.7 Å². The van der Waals surface area contributed by atoms with Gasteiger partial charge in [-0.25, -0.2) is 4.79 Å². The van der Waals surface area contributed by atoms with Gasteiger partial charge in [-0.15, -0.1) is 0 Å². The van der Waals surface area contributed by atoms with Crippen LogP contribution in [-0.4, -0.2) is 64.8 Å². The lowest BCUT2D eigenvalue weighted by Crippen LogP contribution is -2.51. The van der Waals surface area contributed by atoms with Crippen LogP contribution < -0.4 is 11.3 Å². The Morgan fingerprint density at radius 2 is 1.65 bits per heavy atom. The van der Waals surface area contributed by atoms with Gasteiger partial charge in [0.1, 0.15) is 5.60 Å². The zero-order valence-corrected chi connectivity index (χ0v) is 21.2. The number of fused-ring (bicyclic) bond motifs is 1. The van der Waals surface area contributed by atoms with Crippen LogP contribution in [0.1, 0.15) is 36.7 Å². The molecule has 1 saturated heterocycles.